The summed E-state index contributed by atoms with van der Waals surface area (Å²) in [6, 6.07) is 8.56. The van der Waals surface area contributed by atoms with Crippen molar-refractivity contribution in [3.8, 4) is 0 Å². The van der Waals surface area contributed by atoms with E-state index in [1.165, 1.54) is 11.1 Å². The zero-order valence-corrected chi connectivity index (χ0v) is 10.6. The van der Waals surface area contributed by atoms with Crippen molar-refractivity contribution in [3.05, 3.63) is 35.4 Å². The summed E-state index contributed by atoms with van der Waals surface area (Å²) in [5.41, 5.74) is 8.49. The zero-order valence-electron chi connectivity index (χ0n) is 10.6. The molecule has 1 aromatic rings. The number of hydrogen-bond acceptors (Lipinski definition) is 2. The van der Waals surface area contributed by atoms with Crippen LogP contribution in [-0.2, 0) is 11.2 Å². The quantitative estimate of drug-likeness (QED) is 0.816. The first-order valence-electron chi connectivity index (χ1n) is 6.88. The summed E-state index contributed by atoms with van der Waals surface area (Å²) < 4.78 is 0. The molecule has 3 heteroatoms. The van der Waals surface area contributed by atoms with Crippen LogP contribution in [0.4, 0.5) is 0 Å². The van der Waals surface area contributed by atoms with Gasteiger partial charge in [-0.3, -0.25) is 4.79 Å². The molecule has 0 radical (unpaired) electrons. The normalized spacial score (nSPS) is 27.1. The Kier molecular flexibility index (Phi) is 3.08. The lowest BCUT2D eigenvalue weighted by molar-refractivity contribution is -0.132. The minimum atomic E-state index is 0.0697. The summed E-state index contributed by atoms with van der Waals surface area (Å²) in [5.74, 6) is 0.357. The molecule has 2 aliphatic rings. The molecule has 1 aliphatic carbocycles. The van der Waals surface area contributed by atoms with Gasteiger partial charge in [0.1, 0.15) is 0 Å². The molecule has 0 saturated carbocycles. The Labute approximate surface area is 108 Å². The number of benzene rings is 1. The number of rotatable bonds is 1. The van der Waals surface area contributed by atoms with Crippen LogP contribution in [0.5, 0.6) is 0 Å². The van der Waals surface area contributed by atoms with Gasteiger partial charge in [0, 0.05) is 19.1 Å². The van der Waals surface area contributed by atoms with E-state index in [0.717, 1.165) is 38.8 Å². The van der Waals surface area contributed by atoms with Crippen molar-refractivity contribution in [1.82, 2.24) is 4.90 Å². The van der Waals surface area contributed by atoms with E-state index >= 15 is 0 Å². The smallest absolute Gasteiger partial charge is 0.230 e. The molecule has 2 atom stereocenters. The lowest BCUT2D eigenvalue weighted by Crippen LogP contribution is -2.36. The molecule has 1 aliphatic heterocycles. The Bertz CT molecular complexity index is 458. The molecule has 3 rings (SSSR count). The average Bonchev–Trinajstić information content (AvgIpc) is 2.84. The number of fused-ring (bicyclic) bond motifs is 1. The lowest BCUT2D eigenvalue weighted by Gasteiger charge is -2.28. The summed E-state index contributed by atoms with van der Waals surface area (Å²) in [4.78, 5) is 14.5. The van der Waals surface area contributed by atoms with Crippen LogP contribution in [0.15, 0.2) is 24.3 Å². The molecule has 0 bridgehead atoms. The molecule has 0 spiro atoms. The highest BCUT2D eigenvalue weighted by atomic mass is 16.2. The minimum Gasteiger partial charge on any atom is -0.341 e. The van der Waals surface area contributed by atoms with E-state index in [1.807, 2.05) is 11.0 Å². The van der Waals surface area contributed by atoms with Crippen molar-refractivity contribution in [2.45, 2.75) is 37.6 Å². The predicted molar refractivity (Wildman–Crippen MR) is 71.3 cm³/mol. The van der Waals surface area contributed by atoms with Gasteiger partial charge in [-0.25, -0.2) is 0 Å². The van der Waals surface area contributed by atoms with Gasteiger partial charge in [-0.05, 0) is 36.8 Å². The third-order valence-corrected chi connectivity index (χ3v) is 4.20. The van der Waals surface area contributed by atoms with Gasteiger partial charge in [0.25, 0.3) is 0 Å². The number of carbonyl (C=O) groups excluding carboxylic acids is 1. The van der Waals surface area contributed by atoms with E-state index in [2.05, 4.69) is 18.2 Å². The van der Waals surface area contributed by atoms with Gasteiger partial charge in [0.05, 0.1) is 5.92 Å². The van der Waals surface area contributed by atoms with Crippen LogP contribution in [0.2, 0.25) is 0 Å². The minimum absolute atomic E-state index is 0.0697. The third kappa shape index (κ3) is 2.03. The lowest BCUT2D eigenvalue weighted by atomic mass is 9.82. The van der Waals surface area contributed by atoms with Gasteiger partial charge in [0.2, 0.25) is 5.91 Å². The Morgan fingerprint density at radius 1 is 1.28 bits per heavy atom. The van der Waals surface area contributed by atoms with E-state index in [9.17, 15) is 4.79 Å². The van der Waals surface area contributed by atoms with Crippen molar-refractivity contribution in [2.75, 3.05) is 13.1 Å². The number of aryl methyl sites for hydroxylation is 1. The second-order valence-corrected chi connectivity index (χ2v) is 5.48. The molecule has 1 unspecified atom stereocenters. The maximum absolute atomic E-state index is 12.6. The van der Waals surface area contributed by atoms with Crippen LogP contribution in [0.1, 0.15) is 36.3 Å². The van der Waals surface area contributed by atoms with Crippen molar-refractivity contribution in [2.24, 2.45) is 5.73 Å². The molecule has 1 aromatic carbocycles. The summed E-state index contributed by atoms with van der Waals surface area (Å²) in [6.45, 7) is 1.57. The van der Waals surface area contributed by atoms with Crippen LogP contribution in [0.3, 0.4) is 0 Å². The van der Waals surface area contributed by atoms with Gasteiger partial charge < -0.3 is 10.6 Å². The van der Waals surface area contributed by atoms with E-state index < -0.39 is 0 Å². The molecule has 96 valence electrons. The van der Waals surface area contributed by atoms with Gasteiger partial charge in [0.15, 0.2) is 0 Å². The van der Waals surface area contributed by atoms with E-state index in [1.54, 1.807) is 0 Å². The average molecular weight is 244 g/mol. The fourth-order valence-corrected chi connectivity index (χ4v) is 3.22. The maximum Gasteiger partial charge on any atom is 0.230 e. The van der Waals surface area contributed by atoms with Crippen LogP contribution < -0.4 is 5.73 Å². The monoisotopic (exact) mass is 244 g/mol. The predicted octanol–water partition coefficient (Wildman–Crippen LogP) is 1.67. The Morgan fingerprint density at radius 2 is 2.11 bits per heavy atom. The molecule has 3 nitrogen and oxygen atoms in total. The number of hydrogen-bond donors (Lipinski definition) is 1. The highest BCUT2D eigenvalue weighted by molar-refractivity contribution is 5.84. The van der Waals surface area contributed by atoms with Gasteiger partial charge >= 0.3 is 0 Å². The second-order valence-electron chi connectivity index (χ2n) is 5.48. The highest BCUT2D eigenvalue weighted by Gasteiger charge is 2.32. The van der Waals surface area contributed by atoms with E-state index in [-0.39, 0.29) is 17.9 Å². The van der Waals surface area contributed by atoms with E-state index in [4.69, 9.17) is 5.73 Å². The van der Waals surface area contributed by atoms with Crippen molar-refractivity contribution in [3.63, 3.8) is 0 Å². The third-order valence-electron chi connectivity index (χ3n) is 4.20. The molecule has 1 saturated heterocycles. The molecule has 1 amide bonds. The van der Waals surface area contributed by atoms with Gasteiger partial charge in [-0.2, -0.15) is 0 Å². The Balaban J connectivity index is 1.83. The summed E-state index contributed by atoms with van der Waals surface area (Å²) in [6.07, 6.45) is 4.16. The SMILES string of the molecule is N[C@@H]1CCN(C(=O)C2CCCc3ccccc32)C1. The summed E-state index contributed by atoms with van der Waals surface area (Å²) in [7, 11) is 0. The molecule has 0 aromatic heterocycles. The summed E-state index contributed by atoms with van der Waals surface area (Å²) in [5, 5.41) is 0. The molecule has 1 heterocycles. The Morgan fingerprint density at radius 3 is 2.89 bits per heavy atom. The van der Waals surface area contributed by atoms with Crippen molar-refractivity contribution >= 4 is 5.91 Å². The number of amides is 1. The second kappa shape index (κ2) is 4.73. The maximum atomic E-state index is 12.6. The Hall–Kier alpha value is -1.35. The van der Waals surface area contributed by atoms with Crippen molar-refractivity contribution < 1.29 is 4.79 Å². The summed E-state index contributed by atoms with van der Waals surface area (Å²) >= 11 is 0. The van der Waals surface area contributed by atoms with Crippen LogP contribution in [0, 0.1) is 0 Å². The fourth-order valence-electron chi connectivity index (χ4n) is 3.22. The topological polar surface area (TPSA) is 46.3 Å². The number of nitrogens with zero attached hydrogens (tertiary/aromatic N) is 1. The molecular weight excluding hydrogens is 224 g/mol. The van der Waals surface area contributed by atoms with Gasteiger partial charge in [-0.15, -0.1) is 0 Å². The number of likely N-dealkylation sites (tertiary alicyclic amines) is 1. The van der Waals surface area contributed by atoms with Gasteiger partial charge in [-0.1, -0.05) is 24.3 Å². The van der Waals surface area contributed by atoms with Crippen LogP contribution in [0.25, 0.3) is 0 Å². The zero-order chi connectivity index (χ0) is 12.5. The molecule has 2 N–H and O–H groups in total. The first kappa shape index (κ1) is 11.7. The van der Waals surface area contributed by atoms with Crippen molar-refractivity contribution in [1.29, 1.82) is 0 Å². The number of carbonyl (C=O) groups is 1. The first-order chi connectivity index (χ1) is 8.75. The largest absolute Gasteiger partial charge is 0.341 e. The van der Waals surface area contributed by atoms with Crippen LogP contribution >= 0.6 is 0 Å². The fraction of sp³-hybridized carbons (Fsp3) is 0.533. The molecular formula is C15H20N2O. The standard InChI is InChI=1S/C15H20N2O/c16-12-8-9-17(10-12)15(18)14-7-3-5-11-4-1-2-6-13(11)14/h1-2,4,6,12,14H,3,5,7-10,16H2/t12-,14?/m1/s1. The molecule has 1 fully saturated rings. The van der Waals surface area contributed by atoms with E-state index in [0.29, 0.717) is 0 Å². The highest BCUT2D eigenvalue weighted by Crippen LogP contribution is 2.33. The first-order valence-corrected chi connectivity index (χ1v) is 6.88. The number of nitrogens with two attached hydrogens (primary N) is 1. The van der Waals surface area contributed by atoms with Crippen LogP contribution in [-0.4, -0.2) is 29.9 Å². The molecule has 18 heavy (non-hydrogen) atoms.